The summed E-state index contributed by atoms with van der Waals surface area (Å²) in [5, 5.41) is 12.3. The number of phenols is 1. The second kappa shape index (κ2) is 10.5. The molecule has 0 atom stereocenters. The van der Waals surface area contributed by atoms with Gasteiger partial charge in [-0.25, -0.2) is 0 Å². The summed E-state index contributed by atoms with van der Waals surface area (Å²) in [6.45, 7) is 5.93. The topological polar surface area (TPSA) is 86.3 Å². The van der Waals surface area contributed by atoms with Crippen LogP contribution in [0.15, 0.2) is 31.0 Å². The van der Waals surface area contributed by atoms with Crippen molar-refractivity contribution >= 4 is 11.6 Å². The number of phenolic OH excluding ortho intramolecular Hbond substituents is 1. The Morgan fingerprint density at radius 2 is 2.05 bits per heavy atom. The fourth-order valence-corrected chi connectivity index (χ4v) is 1.50. The zero-order valence-electron chi connectivity index (χ0n) is 12.5. The van der Waals surface area contributed by atoms with Crippen molar-refractivity contribution in [3.8, 4) is 11.5 Å². The molecule has 0 unspecified atom stereocenters. The van der Waals surface area contributed by atoms with Crippen molar-refractivity contribution < 1.29 is 28.8 Å². The van der Waals surface area contributed by atoms with E-state index in [9.17, 15) is 9.90 Å². The molecule has 0 aliphatic rings. The number of nitrogens with one attached hydrogen (secondary N) is 1. The second-order valence-corrected chi connectivity index (χ2v) is 4.25. The van der Waals surface area contributed by atoms with Gasteiger partial charge in [0, 0.05) is 18.7 Å². The highest BCUT2D eigenvalue weighted by Crippen LogP contribution is 2.28. The molecule has 1 rings (SSSR count). The van der Waals surface area contributed by atoms with Crippen LogP contribution in [0.3, 0.4) is 0 Å². The summed E-state index contributed by atoms with van der Waals surface area (Å²) in [5.41, 5.74) is 0.497. The third-order valence-electron chi connectivity index (χ3n) is 2.42. The van der Waals surface area contributed by atoms with Gasteiger partial charge in [-0.15, -0.1) is 0 Å². The molecule has 0 aliphatic heterocycles. The number of amides is 1. The maximum absolute atomic E-state index is 10.9. The lowest BCUT2D eigenvalue weighted by molar-refractivity contribution is -0.114. The van der Waals surface area contributed by atoms with E-state index < -0.39 is 0 Å². The Morgan fingerprint density at radius 3 is 2.68 bits per heavy atom. The fourth-order valence-electron chi connectivity index (χ4n) is 1.50. The first kappa shape index (κ1) is 17.8. The third kappa shape index (κ3) is 7.51. The highest BCUT2D eigenvalue weighted by Gasteiger charge is 2.04. The maximum Gasteiger partial charge on any atom is 0.221 e. The Labute approximate surface area is 129 Å². The summed E-state index contributed by atoms with van der Waals surface area (Å²) < 4.78 is 20.4. The van der Waals surface area contributed by atoms with Crippen molar-refractivity contribution in [2.24, 2.45) is 0 Å². The Kier molecular flexibility index (Phi) is 8.47. The standard InChI is InChI=1S/C15H21NO6/c1-3-19-10-20-7-4-8-21-11-22-15-6-5-13(9-14(15)18)16-12(2)17/h3,5-6,9,18H,1,4,7-8,10-11H2,2H3,(H,16,17). The monoisotopic (exact) mass is 311 g/mol. The van der Waals surface area contributed by atoms with Gasteiger partial charge in [0.1, 0.15) is 0 Å². The molecule has 0 bridgehead atoms. The van der Waals surface area contributed by atoms with Crippen molar-refractivity contribution in [1.29, 1.82) is 0 Å². The van der Waals surface area contributed by atoms with Gasteiger partial charge in [-0.1, -0.05) is 6.58 Å². The molecule has 0 heterocycles. The number of benzene rings is 1. The summed E-state index contributed by atoms with van der Waals surface area (Å²) in [7, 11) is 0. The summed E-state index contributed by atoms with van der Waals surface area (Å²) in [4.78, 5) is 10.9. The molecule has 7 nitrogen and oxygen atoms in total. The van der Waals surface area contributed by atoms with Crippen LogP contribution >= 0.6 is 0 Å². The van der Waals surface area contributed by atoms with Crippen molar-refractivity contribution in [2.45, 2.75) is 13.3 Å². The molecule has 0 radical (unpaired) electrons. The summed E-state index contributed by atoms with van der Waals surface area (Å²) >= 11 is 0. The normalized spacial score (nSPS) is 10.0. The largest absolute Gasteiger partial charge is 0.504 e. The smallest absolute Gasteiger partial charge is 0.221 e. The van der Waals surface area contributed by atoms with E-state index in [1.807, 2.05) is 0 Å². The minimum atomic E-state index is -0.211. The van der Waals surface area contributed by atoms with E-state index in [1.54, 1.807) is 12.1 Å². The van der Waals surface area contributed by atoms with Crippen molar-refractivity contribution in [1.82, 2.24) is 0 Å². The number of carbonyl (C=O) groups is 1. The first-order valence-electron chi connectivity index (χ1n) is 6.75. The minimum Gasteiger partial charge on any atom is -0.504 e. The van der Waals surface area contributed by atoms with Gasteiger partial charge < -0.3 is 29.4 Å². The number of rotatable bonds is 11. The van der Waals surface area contributed by atoms with Crippen molar-refractivity contribution in [3.05, 3.63) is 31.0 Å². The lowest BCUT2D eigenvalue weighted by Crippen LogP contribution is -2.08. The second-order valence-electron chi connectivity index (χ2n) is 4.25. The molecular formula is C15H21NO6. The van der Waals surface area contributed by atoms with Crippen LogP contribution in [0.1, 0.15) is 13.3 Å². The van der Waals surface area contributed by atoms with Crippen LogP contribution in [-0.4, -0.2) is 37.8 Å². The van der Waals surface area contributed by atoms with E-state index >= 15 is 0 Å². The number of carbonyl (C=O) groups excluding carboxylic acids is 1. The zero-order chi connectivity index (χ0) is 16.2. The molecule has 1 aromatic rings. The average molecular weight is 311 g/mol. The molecule has 22 heavy (non-hydrogen) atoms. The van der Waals surface area contributed by atoms with E-state index in [2.05, 4.69) is 11.9 Å². The van der Waals surface area contributed by atoms with Gasteiger partial charge in [0.2, 0.25) is 5.91 Å². The molecule has 1 amide bonds. The first-order valence-corrected chi connectivity index (χ1v) is 6.75. The molecule has 0 fully saturated rings. The number of anilines is 1. The molecule has 2 N–H and O–H groups in total. The van der Waals surface area contributed by atoms with Gasteiger partial charge in [-0.3, -0.25) is 4.79 Å². The lowest BCUT2D eigenvalue weighted by atomic mass is 10.3. The SMILES string of the molecule is C=COCOCCCOCOc1ccc(NC(C)=O)cc1O. The highest BCUT2D eigenvalue weighted by molar-refractivity contribution is 5.89. The van der Waals surface area contributed by atoms with Gasteiger partial charge in [0.25, 0.3) is 0 Å². The van der Waals surface area contributed by atoms with Crippen LogP contribution in [0, 0.1) is 0 Å². The molecule has 1 aromatic carbocycles. The summed E-state index contributed by atoms with van der Waals surface area (Å²) in [6.07, 6.45) is 2.01. The molecule has 122 valence electrons. The summed E-state index contributed by atoms with van der Waals surface area (Å²) in [5.74, 6) is 0.00148. The van der Waals surface area contributed by atoms with E-state index in [-0.39, 0.29) is 31.0 Å². The van der Waals surface area contributed by atoms with Crippen LogP contribution in [0.4, 0.5) is 5.69 Å². The summed E-state index contributed by atoms with van der Waals surface area (Å²) in [6, 6.07) is 4.59. The van der Waals surface area contributed by atoms with Crippen LogP contribution in [-0.2, 0) is 19.0 Å². The van der Waals surface area contributed by atoms with Gasteiger partial charge in [0.15, 0.2) is 25.1 Å². The molecule has 0 saturated heterocycles. The predicted molar refractivity (Wildman–Crippen MR) is 80.6 cm³/mol. The number of hydrogen-bond acceptors (Lipinski definition) is 6. The van der Waals surface area contributed by atoms with Crippen molar-refractivity contribution in [3.63, 3.8) is 0 Å². The third-order valence-corrected chi connectivity index (χ3v) is 2.42. The van der Waals surface area contributed by atoms with E-state index in [4.69, 9.17) is 18.9 Å². The molecule has 0 spiro atoms. The minimum absolute atomic E-state index is 0.0101. The van der Waals surface area contributed by atoms with Gasteiger partial charge in [0.05, 0.1) is 19.5 Å². The quantitative estimate of drug-likeness (QED) is 0.370. The fraction of sp³-hybridized carbons (Fsp3) is 0.400. The maximum atomic E-state index is 10.9. The molecule has 7 heteroatoms. The molecular weight excluding hydrogens is 290 g/mol. The zero-order valence-corrected chi connectivity index (χ0v) is 12.5. The van der Waals surface area contributed by atoms with Crippen LogP contribution in [0.5, 0.6) is 11.5 Å². The van der Waals surface area contributed by atoms with Gasteiger partial charge >= 0.3 is 0 Å². The Bertz CT molecular complexity index is 477. The van der Waals surface area contributed by atoms with Crippen molar-refractivity contribution in [2.75, 3.05) is 32.1 Å². The van der Waals surface area contributed by atoms with E-state index in [0.717, 1.165) is 0 Å². The predicted octanol–water partition coefficient (Wildman–Crippen LogP) is 2.23. The highest BCUT2D eigenvalue weighted by atomic mass is 16.7. The van der Waals surface area contributed by atoms with E-state index in [1.165, 1.54) is 19.3 Å². The van der Waals surface area contributed by atoms with Crippen LogP contribution in [0.2, 0.25) is 0 Å². The first-order chi connectivity index (χ1) is 10.6. The number of hydrogen-bond donors (Lipinski definition) is 2. The Balaban J connectivity index is 2.17. The van der Waals surface area contributed by atoms with Crippen LogP contribution in [0.25, 0.3) is 0 Å². The molecule has 0 saturated carbocycles. The number of ether oxygens (including phenoxy) is 4. The Morgan fingerprint density at radius 1 is 1.32 bits per heavy atom. The molecule has 0 aliphatic carbocycles. The lowest BCUT2D eigenvalue weighted by Gasteiger charge is -2.10. The van der Waals surface area contributed by atoms with Gasteiger partial charge in [-0.05, 0) is 18.6 Å². The van der Waals surface area contributed by atoms with Crippen LogP contribution < -0.4 is 10.1 Å². The Hall–Kier alpha value is -2.25. The average Bonchev–Trinajstić information content (AvgIpc) is 2.47. The molecule has 0 aromatic heterocycles. The van der Waals surface area contributed by atoms with Gasteiger partial charge in [-0.2, -0.15) is 0 Å². The number of aromatic hydroxyl groups is 1. The van der Waals surface area contributed by atoms with E-state index in [0.29, 0.717) is 25.3 Å².